The predicted molar refractivity (Wildman–Crippen MR) is 148 cm³/mol. The number of ether oxygens (including phenoxy) is 2. The van der Waals surface area contributed by atoms with Gasteiger partial charge in [-0.1, -0.05) is 23.7 Å². The summed E-state index contributed by atoms with van der Waals surface area (Å²) in [7, 11) is 0. The van der Waals surface area contributed by atoms with E-state index in [1.165, 1.54) is 0 Å². The van der Waals surface area contributed by atoms with Crippen molar-refractivity contribution in [3.63, 3.8) is 0 Å². The SMILES string of the molecule is Cc1cc(-c2c(-c3cccc(C#N)c3)nn3ccc(O[C@H]4CCCN(C(=O)OC(C)(C)C)C4)nc23)cc(Cl)n1. The first-order valence-electron chi connectivity index (χ1n) is 12.8. The van der Waals surface area contributed by atoms with Gasteiger partial charge < -0.3 is 14.4 Å². The first kappa shape index (κ1) is 26.4. The molecule has 1 aliphatic heterocycles. The molecule has 39 heavy (non-hydrogen) atoms. The maximum atomic E-state index is 12.6. The van der Waals surface area contributed by atoms with E-state index in [1.807, 2.05) is 45.9 Å². The largest absolute Gasteiger partial charge is 0.472 e. The molecule has 200 valence electrons. The van der Waals surface area contributed by atoms with Crippen LogP contribution in [0.4, 0.5) is 4.79 Å². The van der Waals surface area contributed by atoms with Crippen LogP contribution in [0.25, 0.3) is 28.0 Å². The molecule has 1 atom stereocenters. The molecule has 1 fully saturated rings. The number of nitriles is 1. The normalized spacial score (nSPS) is 15.7. The highest BCUT2D eigenvalue weighted by Crippen LogP contribution is 2.36. The van der Waals surface area contributed by atoms with Gasteiger partial charge in [0.25, 0.3) is 0 Å². The Labute approximate surface area is 232 Å². The molecule has 0 aliphatic carbocycles. The molecular formula is C29H29ClN6O3. The summed E-state index contributed by atoms with van der Waals surface area (Å²) < 4.78 is 13.5. The van der Waals surface area contributed by atoms with Crippen molar-refractivity contribution in [2.24, 2.45) is 0 Å². The molecule has 1 aliphatic rings. The standard InChI is InChI=1S/C29H29ClN6O3/c1-18-13-21(15-23(30)32-18)25-26(20-8-5-7-19(14-20)16-31)34-36-12-10-24(33-27(25)36)38-22-9-6-11-35(17-22)28(37)39-29(2,3)4/h5,7-8,10,12-15,22H,6,9,11,17H2,1-4H3/t22-/m0/s1. The number of carbonyl (C=O) groups is 1. The predicted octanol–water partition coefficient (Wildman–Crippen LogP) is 6.07. The highest BCUT2D eigenvalue weighted by Gasteiger charge is 2.29. The van der Waals surface area contributed by atoms with Crippen LogP contribution >= 0.6 is 11.6 Å². The smallest absolute Gasteiger partial charge is 0.410 e. The molecule has 0 bridgehead atoms. The number of amides is 1. The molecule has 0 spiro atoms. The number of rotatable bonds is 4. The van der Waals surface area contributed by atoms with E-state index < -0.39 is 5.60 Å². The van der Waals surface area contributed by atoms with Crippen molar-refractivity contribution in [3.05, 3.63) is 65.1 Å². The van der Waals surface area contributed by atoms with Crippen LogP contribution in [0.5, 0.6) is 5.88 Å². The first-order valence-corrected chi connectivity index (χ1v) is 13.2. The zero-order chi connectivity index (χ0) is 27.7. The van der Waals surface area contributed by atoms with Gasteiger partial charge in [-0.2, -0.15) is 15.3 Å². The highest BCUT2D eigenvalue weighted by atomic mass is 35.5. The van der Waals surface area contributed by atoms with Crippen LogP contribution < -0.4 is 4.74 Å². The molecule has 4 aromatic rings. The van der Waals surface area contributed by atoms with Crippen LogP contribution in [0.15, 0.2) is 48.7 Å². The van der Waals surface area contributed by atoms with Gasteiger partial charge in [-0.05, 0) is 70.4 Å². The molecule has 5 rings (SSSR count). The molecule has 0 unspecified atom stereocenters. The summed E-state index contributed by atoms with van der Waals surface area (Å²) in [6, 6.07) is 14.9. The number of pyridine rings is 1. The van der Waals surface area contributed by atoms with Crippen molar-refractivity contribution in [2.45, 2.75) is 52.2 Å². The summed E-state index contributed by atoms with van der Waals surface area (Å²) >= 11 is 6.33. The minimum Gasteiger partial charge on any atom is -0.472 e. The Morgan fingerprint density at radius 1 is 1.15 bits per heavy atom. The maximum Gasteiger partial charge on any atom is 0.410 e. The van der Waals surface area contributed by atoms with E-state index in [2.05, 4.69) is 11.1 Å². The first-order chi connectivity index (χ1) is 18.6. The Morgan fingerprint density at radius 2 is 1.97 bits per heavy atom. The number of nitrogens with zero attached hydrogens (tertiary/aromatic N) is 6. The number of hydrogen-bond acceptors (Lipinski definition) is 7. The van der Waals surface area contributed by atoms with E-state index in [1.54, 1.807) is 39.9 Å². The van der Waals surface area contributed by atoms with Crippen molar-refractivity contribution in [2.75, 3.05) is 13.1 Å². The van der Waals surface area contributed by atoms with E-state index in [0.717, 1.165) is 35.2 Å². The van der Waals surface area contributed by atoms with Gasteiger partial charge in [0.1, 0.15) is 22.6 Å². The summed E-state index contributed by atoms with van der Waals surface area (Å²) in [5.41, 5.74) is 4.30. The van der Waals surface area contributed by atoms with Crippen LogP contribution in [0.3, 0.4) is 0 Å². The Hall–Kier alpha value is -4.16. The molecule has 10 heteroatoms. The lowest BCUT2D eigenvalue weighted by molar-refractivity contribution is 0.00723. The van der Waals surface area contributed by atoms with Crippen LogP contribution in [-0.2, 0) is 4.74 Å². The molecule has 4 heterocycles. The second-order valence-electron chi connectivity index (χ2n) is 10.6. The van der Waals surface area contributed by atoms with E-state index in [-0.39, 0.29) is 12.2 Å². The van der Waals surface area contributed by atoms with E-state index in [0.29, 0.717) is 41.0 Å². The van der Waals surface area contributed by atoms with Crippen LogP contribution in [-0.4, -0.2) is 55.4 Å². The van der Waals surface area contributed by atoms with Crippen molar-refractivity contribution in [1.29, 1.82) is 5.26 Å². The summed E-state index contributed by atoms with van der Waals surface area (Å²) in [6.07, 6.45) is 2.83. The van der Waals surface area contributed by atoms with Crippen molar-refractivity contribution >= 4 is 23.3 Å². The quantitative estimate of drug-likeness (QED) is 0.287. The lowest BCUT2D eigenvalue weighted by atomic mass is 10.00. The van der Waals surface area contributed by atoms with Crippen LogP contribution in [0.1, 0.15) is 44.9 Å². The Kier molecular flexibility index (Phi) is 7.15. The number of benzene rings is 1. The molecule has 9 nitrogen and oxygen atoms in total. The Balaban J connectivity index is 1.52. The summed E-state index contributed by atoms with van der Waals surface area (Å²) in [5.74, 6) is 0.425. The van der Waals surface area contributed by atoms with E-state index in [9.17, 15) is 10.1 Å². The number of fused-ring (bicyclic) bond motifs is 1. The molecule has 0 radical (unpaired) electrons. The average molecular weight is 545 g/mol. The van der Waals surface area contributed by atoms with Gasteiger partial charge in [-0.25, -0.2) is 14.3 Å². The van der Waals surface area contributed by atoms with Crippen molar-refractivity contribution in [3.8, 4) is 34.3 Å². The van der Waals surface area contributed by atoms with E-state index >= 15 is 0 Å². The number of likely N-dealkylation sites (tertiary alicyclic amines) is 1. The molecule has 1 aromatic carbocycles. The topological polar surface area (TPSA) is 106 Å². The minimum atomic E-state index is -0.561. The zero-order valence-electron chi connectivity index (χ0n) is 22.3. The maximum absolute atomic E-state index is 12.6. The number of aryl methyl sites for hydroxylation is 1. The summed E-state index contributed by atoms with van der Waals surface area (Å²) in [6.45, 7) is 8.48. The third kappa shape index (κ3) is 5.96. The fourth-order valence-electron chi connectivity index (χ4n) is 4.65. The second-order valence-corrected chi connectivity index (χ2v) is 11.0. The molecule has 3 aromatic heterocycles. The van der Waals surface area contributed by atoms with Crippen molar-refractivity contribution in [1.82, 2.24) is 24.5 Å². The van der Waals surface area contributed by atoms with E-state index in [4.69, 9.17) is 31.2 Å². The molecule has 1 amide bonds. The van der Waals surface area contributed by atoms with Gasteiger partial charge >= 0.3 is 6.09 Å². The monoisotopic (exact) mass is 544 g/mol. The summed E-state index contributed by atoms with van der Waals surface area (Å²) in [4.78, 5) is 23.4. The number of hydrogen-bond donors (Lipinski definition) is 0. The summed E-state index contributed by atoms with van der Waals surface area (Å²) in [5, 5.41) is 14.6. The van der Waals surface area contributed by atoms with Gasteiger partial charge in [-0.15, -0.1) is 0 Å². The average Bonchev–Trinajstić information content (AvgIpc) is 3.26. The second kappa shape index (κ2) is 10.5. The lowest BCUT2D eigenvalue weighted by Crippen LogP contribution is -2.46. The molecule has 1 saturated heterocycles. The van der Waals surface area contributed by atoms with Crippen LogP contribution in [0, 0.1) is 18.3 Å². The number of aromatic nitrogens is 4. The van der Waals surface area contributed by atoms with Gasteiger partial charge in [0.15, 0.2) is 5.65 Å². The Bertz CT molecular complexity index is 1570. The fourth-order valence-corrected chi connectivity index (χ4v) is 4.90. The van der Waals surface area contributed by atoms with Crippen LogP contribution in [0.2, 0.25) is 5.15 Å². The van der Waals surface area contributed by atoms with Crippen molar-refractivity contribution < 1.29 is 14.3 Å². The lowest BCUT2D eigenvalue weighted by Gasteiger charge is -2.33. The highest BCUT2D eigenvalue weighted by molar-refractivity contribution is 6.29. The fraction of sp³-hybridized carbons (Fsp3) is 0.345. The van der Waals surface area contributed by atoms with Gasteiger partial charge in [0.2, 0.25) is 5.88 Å². The minimum absolute atomic E-state index is 0.225. The zero-order valence-corrected chi connectivity index (χ0v) is 23.1. The third-order valence-electron chi connectivity index (χ3n) is 6.25. The Morgan fingerprint density at radius 3 is 2.72 bits per heavy atom. The van der Waals surface area contributed by atoms with Gasteiger partial charge in [0, 0.05) is 30.1 Å². The molecule has 0 N–H and O–H groups in total. The molecular weight excluding hydrogens is 516 g/mol. The van der Waals surface area contributed by atoms with Gasteiger partial charge in [-0.3, -0.25) is 0 Å². The molecule has 0 saturated carbocycles. The van der Waals surface area contributed by atoms with Gasteiger partial charge in [0.05, 0.1) is 23.7 Å². The number of carbonyl (C=O) groups excluding carboxylic acids is 1. The third-order valence-corrected chi connectivity index (χ3v) is 6.45. The number of halogens is 1. The number of piperidine rings is 1.